The van der Waals surface area contributed by atoms with E-state index >= 15 is 0 Å². The smallest absolute Gasteiger partial charge is 0.0889 e. The Morgan fingerprint density at radius 1 is 1.10 bits per heavy atom. The van der Waals surface area contributed by atoms with Gasteiger partial charge < -0.3 is 19.5 Å². The molecule has 0 atom stereocenters. The van der Waals surface area contributed by atoms with E-state index in [0.717, 1.165) is 25.2 Å². The minimum Gasteiger partial charge on any atom is -0.382 e. The van der Waals surface area contributed by atoms with E-state index in [1.54, 1.807) is 7.11 Å². The molecule has 0 bridgehead atoms. The van der Waals surface area contributed by atoms with E-state index < -0.39 is 0 Å². The number of ether oxygens (including phenoxy) is 3. The van der Waals surface area contributed by atoms with Gasteiger partial charge in [0.2, 0.25) is 0 Å². The fourth-order valence-electron chi connectivity index (χ4n) is 1.59. The number of hydrogen-bond donors (Lipinski definition) is 1. The molecule has 0 aliphatic carbocycles. The largest absolute Gasteiger partial charge is 0.382 e. The van der Waals surface area contributed by atoms with E-state index in [1.165, 1.54) is 5.56 Å². The summed E-state index contributed by atoms with van der Waals surface area (Å²) in [6.45, 7) is 6.98. The monoisotopic (exact) mass is 282 g/mol. The molecule has 1 aromatic rings. The van der Waals surface area contributed by atoms with Crippen LogP contribution in [0.2, 0.25) is 0 Å². The fraction of sp³-hybridized carbons (Fsp3) is 0.667. The lowest BCUT2D eigenvalue weighted by Gasteiger charge is -2.06. The van der Waals surface area contributed by atoms with Crippen molar-refractivity contribution in [3.8, 4) is 0 Å². The van der Waals surface area contributed by atoms with Gasteiger partial charge in [-0.3, -0.25) is 4.98 Å². The van der Waals surface area contributed by atoms with Gasteiger partial charge >= 0.3 is 0 Å². The van der Waals surface area contributed by atoms with Gasteiger partial charge in [-0.15, -0.1) is 0 Å². The molecule has 0 aliphatic heterocycles. The van der Waals surface area contributed by atoms with E-state index in [0.29, 0.717) is 33.0 Å². The SMILES string of the molecule is CCCNCc1ccc(COCCOCCOC)nc1. The minimum absolute atomic E-state index is 0.524. The van der Waals surface area contributed by atoms with Gasteiger partial charge in [0, 0.05) is 19.9 Å². The van der Waals surface area contributed by atoms with Crippen LogP contribution in [-0.4, -0.2) is 45.1 Å². The second kappa shape index (κ2) is 11.8. The summed E-state index contributed by atoms with van der Waals surface area (Å²) in [5, 5.41) is 3.35. The molecule has 0 aliphatic rings. The highest BCUT2D eigenvalue weighted by molar-refractivity contribution is 5.13. The van der Waals surface area contributed by atoms with E-state index in [4.69, 9.17) is 14.2 Å². The quantitative estimate of drug-likeness (QED) is 0.592. The molecule has 1 N–H and O–H groups in total. The predicted molar refractivity (Wildman–Crippen MR) is 78.6 cm³/mol. The molecule has 0 aromatic carbocycles. The molecule has 0 radical (unpaired) electrons. The number of aromatic nitrogens is 1. The maximum absolute atomic E-state index is 5.49. The third-order valence-corrected chi connectivity index (χ3v) is 2.70. The van der Waals surface area contributed by atoms with Crippen LogP contribution in [-0.2, 0) is 27.4 Å². The molecule has 1 aromatic heterocycles. The first-order chi connectivity index (χ1) is 9.86. The summed E-state index contributed by atoms with van der Waals surface area (Å²) in [5.41, 5.74) is 2.14. The predicted octanol–water partition coefficient (Wildman–Crippen LogP) is 1.76. The van der Waals surface area contributed by atoms with Crippen molar-refractivity contribution >= 4 is 0 Å². The zero-order chi connectivity index (χ0) is 14.5. The van der Waals surface area contributed by atoms with Crippen LogP contribution in [0.15, 0.2) is 18.3 Å². The number of rotatable bonds is 12. The summed E-state index contributed by atoms with van der Waals surface area (Å²) >= 11 is 0. The van der Waals surface area contributed by atoms with E-state index in [2.05, 4.69) is 23.3 Å². The van der Waals surface area contributed by atoms with Crippen LogP contribution in [0, 0.1) is 0 Å². The van der Waals surface area contributed by atoms with Crippen molar-refractivity contribution in [2.45, 2.75) is 26.5 Å². The number of nitrogens with one attached hydrogen (secondary N) is 1. The lowest BCUT2D eigenvalue weighted by molar-refractivity contribution is 0.0192. The first-order valence-electron chi connectivity index (χ1n) is 7.15. The van der Waals surface area contributed by atoms with E-state index in [1.807, 2.05) is 12.3 Å². The Labute approximate surface area is 121 Å². The molecule has 1 heterocycles. The third-order valence-electron chi connectivity index (χ3n) is 2.70. The molecular weight excluding hydrogens is 256 g/mol. The molecule has 1 rings (SSSR count). The summed E-state index contributed by atoms with van der Waals surface area (Å²) < 4.78 is 15.7. The zero-order valence-corrected chi connectivity index (χ0v) is 12.6. The van der Waals surface area contributed by atoms with Gasteiger partial charge in [-0.2, -0.15) is 0 Å². The van der Waals surface area contributed by atoms with Crippen molar-refractivity contribution in [2.24, 2.45) is 0 Å². The van der Waals surface area contributed by atoms with Gasteiger partial charge in [0.15, 0.2) is 0 Å². The van der Waals surface area contributed by atoms with Gasteiger partial charge in [0.25, 0.3) is 0 Å². The molecule has 0 saturated carbocycles. The molecule has 0 saturated heterocycles. The van der Waals surface area contributed by atoms with Crippen LogP contribution in [0.5, 0.6) is 0 Å². The molecule has 20 heavy (non-hydrogen) atoms. The van der Waals surface area contributed by atoms with Gasteiger partial charge in [-0.25, -0.2) is 0 Å². The lowest BCUT2D eigenvalue weighted by Crippen LogP contribution is -2.14. The van der Waals surface area contributed by atoms with Crippen LogP contribution < -0.4 is 5.32 Å². The Morgan fingerprint density at radius 2 is 1.90 bits per heavy atom. The summed E-state index contributed by atoms with van der Waals surface area (Å²) in [5.74, 6) is 0. The van der Waals surface area contributed by atoms with Crippen LogP contribution in [0.25, 0.3) is 0 Å². The van der Waals surface area contributed by atoms with Gasteiger partial charge in [-0.05, 0) is 24.6 Å². The molecule has 0 amide bonds. The van der Waals surface area contributed by atoms with Gasteiger partial charge in [0.05, 0.1) is 38.7 Å². The van der Waals surface area contributed by atoms with Gasteiger partial charge in [0.1, 0.15) is 0 Å². The van der Waals surface area contributed by atoms with Crippen molar-refractivity contribution in [3.63, 3.8) is 0 Å². The highest BCUT2D eigenvalue weighted by Crippen LogP contribution is 2.01. The lowest BCUT2D eigenvalue weighted by atomic mass is 10.2. The van der Waals surface area contributed by atoms with Crippen molar-refractivity contribution in [1.29, 1.82) is 0 Å². The second-order valence-corrected chi connectivity index (χ2v) is 4.49. The van der Waals surface area contributed by atoms with Gasteiger partial charge in [-0.1, -0.05) is 13.0 Å². The molecule has 0 fully saturated rings. The molecule has 5 nitrogen and oxygen atoms in total. The minimum atomic E-state index is 0.524. The Hall–Kier alpha value is -1.01. The number of methoxy groups -OCH3 is 1. The van der Waals surface area contributed by atoms with Crippen molar-refractivity contribution in [3.05, 3.63) is 29.6 Å². The average molecular weight is 282 g/mol. The zero-order valence-electron chi connectivity index (χ0n) is 12.6. The van der Waals surface area contributed by atoms with E-state index in [9.17, 15) is 0 Å². The first-order valence-corrected chi connectivity index (χ1v) is 7.15. The highest BCUT2D eigenvalue weighted by atomic mass is 16.5. The second-order valence-electron chi connectivity index (χ2n) is 4.49. The summed E-state index contributed by atoms with van der Waals surface area (Å²) in [4.78, 5) is 4.38. The summed E-state index contributed by atoms with van der Waals surface area (Å²) in [6.07, 6.45) is 3.04. The Morgan fingerprint density at radius 3 is 2.60 bits per heavy atom. The third kappa shape index (κ3) is 8.22. The normalized spacial score (nSPS) is 10.9. The maximum Gasteiger partial charge on any atom is 0.0889 e. The number of pyridine rings is 1. The van der Waals surface area contributed by atoms with Crippen LogP contribution in [0.1, 0.15) is 24.6 Å². The Balaban J connectivity index is 2.08. The Kier molecular flexibility index (Phi) is 10.0. The maximum atomic E-state index is 5.49. The number of nitrogens with zero attached hydrogens (tertiary/aromatic N) is 1. The van der Waals surface area contributed by atoms with E-state index in [-0.39, 0.29) is 0 Å². The highest BCUT2D eigenvalue weighted by Gasteiger charge is 1.97. The standard InChI is InChI=1S/C15H26N2O3/c1-3-6-16-11-14-4-5-15(17-12-14)13-20-10-9-19-8-7-18-2/h4-5,12,16H,3,6-11,13H2,1-2H3. The van der Waals surface area contributed by atoms with Crippen LogP contribution >= 0.6 is 0 Å². The molecule has 0 spiro atoms. The molecule has 114 valence electrons. The van der Waals surface area contributed by atoms with Crippen molar-refractivity contribution in [2.75, 3.05) is 40.1 Å². The number of hydrogen-bond acceptors (Lipinski definition) is 5. The van der Waals surface area contributed by atoms with Crippen LogP contribution in [0.4, 0.5) is 0 Å². The van der Waals surface area contributed by atoms with Crippen LogP contribution in [0.3, 0.4) is 0 Å². The van der Waals surface area contributed by atoms with Crippen molar-refractivity contribution in [1.82, 2.24) is 10.3 Å². The first kappa shape index (κ1) is 17.0. The molecular formula is C15H26N2O3. The fourth-order valence-corrected chi connectivity index (χ4v) is 1.59. The van der Waals surface area contributed by atoms with Crippen molar-refractivity contribution < 1.29 is 14.2 Å². The summed E-state index contributed by atoms with van der Waals surface area (Å²) in [7, 11) is 1.66. The molecule has 0 unspecified atom stereocenters. The Bertz CT molecular complexity index is 330. The summed E-state index contributed by atoms with van der Waals surface area (Å²) in [6, 6.07) is 4.10. The average Bonchev–Trinajstić information content (AvgIpc) is 2.48. The topological polar surface area (TPSA) is 52.6 Å². The molecule has 5 heteroatoms.